The van der Waals surface area contributed by atoms with Gasteiger partial charge in [0.05, 0.1) is 18.0 Å². The topological polar surface area (TPSA) is 17.3 Å². The molecule has 0 radical (unpaired) electrons. The Morgan fingerprint density at radius 3 is 3.20 bits per heavy atom. The fraction of sp³-hybridized carbons (Fsp3) is 0. The van der Waals surface area contributed by atoms with Crippen LogP contribution in [0, 0.1) is 3.57 Å². The van der Waals surface area contributed by atoms with Crippen LogP contribution in [0.1, 0.15) is 0 Å². The molecule has 0 N–H and O–H groups in total. The van der Waals surface area contributed by atoms with Crippen molar-refractivity contribution in [1.82, 2.24) is 9.38 Å². The Labute approximate surface area is 72.0 Å². The molecule has 0 amide bonds. The lowest BCUT2D eigenvalue weighted by molar-refractivity contribution is 1.15. The molecule has 10 heavy (non-hydrogen) atoms. The second-order valence-electron chi connectivity index (χ2n) is 2.04. The highest BCUT2D eigenvalue weighted by atomic mass is 127. The number of nitrogens with zero attached hydrogens (tertiary/aromatic N) is 2. The first-order valence-electron chi connectivity index (χ1n) is 2.94. The second kappa shape index (κ2) is 2.23. The predicted molar refractivity (Wildman–Crippen MR) is 47.9 cm³/mol. The number of aromatic nitrogens is 2. The molecule has 0 unspecified atom stereocenters. The number of fused-ring (bicyclic) bond motifs is 1. The third-order valence-corrected chi connectivity index (χ3v) is 2.31. The summed E-state index contributed by atoms with van der Waals surface area (Å²) in [5.41, 5.74) is 1.17. The molecule has 0 aliphatic carbocycles. The number of hydrogen-bond donors (Lipinski definition) is 0. The lowest BCUT2D eigenvalue weighted by Crippen LogP contribution is -1.81. The van der Waals surface area contributed by atoms with E-state index in [1.54, 1.807) is 6.33 Å². The van der Waals surface area contributed by atoms with Crippen LogP contribution in [0.2, 0.25) is 0 Å². The first kappa shape index (κ1) is 6.15. The zero-order valence-corrected chi connectivity index (χ0v) is 7.32. The first-order chi connectivity index (χ1) is 4.88. The molecule has 0 aromatic carbocycles. The lowest BCUT2D eigenvalue weighted by atomic mass is 10.4. The smallest absolute Gasteiger partial charge is 0.0992 e. The van der Waals surface area contributed by atoms with Gasteiger partial charge in [0, 0.05) is 9.77 Å². The Kier molecular flexibility index (Phi) is 1.37. The van der Waals surface area contributed by atoms with Crippen LogP contribution in [0.3, 0.4) is 0 Å². The summed E-state index contributed by atoms with van der Waals surface area (Å²) in [6, 6.07) is 4.08. The number of imidazole rings is 1. The first-order valence-corrected chi connectivity index (χ1v) is 4.02. The van der Waals surface area contributed by atoms with E-state index in [0.29, 0.717) is 0 Å². The Morgan fingerprint density at radius 1 is 1.50 bits per heavy atom. The van der Waals surface area contributed by atoms with Crippen LogP contribution < -0.4 is 0 Å². The molecule has 2 aromatic rings. The average molecular weight is 244 g/mol. The van der Waals surface area contributed by atoms with E-state index in [2.05, 4.69) is 33.6 Å². The highest BCUT2D eigenvalue weighted by molar-refractivity contribution is 14.1. The van der Waals surface area contributed by atoms with Crippen LogP contribution in [0.5, 0.6) is 0 Å². The minimum atomic E-state index is 1.17. The molecule has 0 saturated heterocycles. The lowest BCUT2D eigenvalue weighted by Gasteiger charge is -1.92. The molecule has 50 valence electrons. The summed E-state index contributed by atoms with van der Waals surface area (Å²) in [7, 11) is 0. The van der Waals surface area contributed by atoms with Crippen LogP contribution in [0.4, 0.5) is 0 Å². The normalized spacial score (nSPS) is 10.5. The van der Waals surface area contributed by atoms with Crippen molar-refractivity contribution in [3.8, 4) is 0 Å². The Hall–Kier alpha value is -0.580. The maximum atomic E-state index is 4.02. The van der Waals surface area contributed by atoms with Gasteiger partial charge in [-0.25, -0.2) is 4.98 Å². The summed E-state index contributed by atoms with van der Waals surface area (Å²) in [5, 5.41) is 0. The van der Waals surface area contributed by atoms with Crippen molar-refractivity contribution in [3.63, 3.8) is 0 Å². The fourth-order valence-electron chi connectivity index (χ4n) is 0.914. The van der Waals surface area contributed by atoms with Crippen LogP contribution in [0.25, 0.3) is 5.52 Å². The van der Waals surface area contributed by atoms with Crippen molar-refractivity contribution >= 4 is 28.1 Å². The maximum Gasteiger partial charge on any atom is 0.0992 e. The highest BCUT2D eigenvalue weighted by Gasteiger charge is 1.94. The van der Waals surface area contributed by atoms with Gasteiger partial charge in [-0.15, -0.1) is 0 Å². The van der Waals surface area contributed by atoms with Crippen molar-refractivity contribution in [3.05, 3.63) is 34.4 Å². The average Bonchev–Trinajstić information content (AvgIpc) is 2.36. The molecule has 2 nitrogen and oxygen atoms in total. The third kappa shape index (κ3) is 0.811. The molecule has 0 bridgehead atoms. The monoisotopic (exact) mass is 244 g/mol. The maximum absolute atomic E-state index is 4.02. The van der Waals surface area contributed by atoms with E-state index in [9.17, 15) is 0 Å². The van der Waals surface area contributed by atoms with Crippen molar-refractivity contribution in [2.75, 3.05) is 0 Å². The van der Waals surface area contributed by atoms with E-state index in [4.69, 9.17) is 0 Å². The van der Waals surface area contributed by atoms with E-state index >= 15 is 0 Å². The Morgan fingerprint density at radius 2 is 2.40 bits per heavy atom. The van der Waals surface area contributed by atoms with Gasteiger partial charge in [0.2, 0.25) is 0 Å². The molecular formula is C7H5IN2. The molecule has 0 aliphatic rings. The zero-order chi connectivity index (χ0) is 6.97. The Bertz CT molecular complexity index is 353. The van der Waals surface area contributed by atoms with E-state index in [1.807, 2.05) is 22.9 Å². The third-order valence-electron chi connectivity index (χ3n) is 1.40. The van der Waals surface area contributed by atoms with Crippen LogP contribution >= 0.6 is 22.6 Å². The van der Waals surface area contributed by atoms with Crippen molar-refractivity contribution in [2.45, 2.75) is 0 Å². The molecule has 0 atom stereocenters. The summed E-state index contributed by atoms with van der Waals surface area (Å²) in [4.78, 5) is 4.02. The number of pyridine rings is 1. The fourth-order valence-corrected chi connectivity index (χ4v) is 1.54. The number of halogens is 1. The molecule has 2 rings (SSSR count). The SMILES string of the molecule is Ic1cccn2cncc12. The van der Waals surface area contributed by atoms with Gasteiger partial charge in [0.1, 0.15) is 0 Å². The number of hydrogen-bond acceptors (Lipinski definition) is 1. The second-order valence-corrected chi connectivity index (χ2v) is 3.20. The summed E-state index contributed by atoms with van der Waals surface area (Å²) in [6.07, 6.45) is 5.66. The van der Waals surface area contributed by atoms with Gasteiger partial charge in [0.25, 0.3) is 0 Å². The molecule has 0 fully saturated rings. The minimum Gasteiger partial charge on any atom is -0.305 e. The highest BCUT2D eigenvalue weighted by Crippen LogP contribution is 2.11. The van der Waals surface area contributed by atoms with E-state index in [-0.39, 0.29) is 0 Å². The summed E-state index contributed by atoms with van der Waals surface area (Å²) in [5.74, 6) is 0. The molecular weight excluding hydrogens is 239 g/mol. The summed E-state index contributed by atoms with van der Waals surface area (Å²) >= 11 is 2.29. The molecule has 0 saturated carbocycles. The summed E-state index contributed by atoms with van der Waals surface area (Å²) in [6.45, 7) is 0. The van der Waals surface area contributed by atoms with Gasteiger partial charge in [-0.05, 0) is 34.7 Å². The van der Waals surface area contributed by atoms with Crippen LogP contribution in [0.15, 0.2) is 30.9 Å². The molecule has 0 aliphatic heterocycles. The van der Waals surface area contributed by atoms with Crippen molar-refractivity contribution in [2.24, 2.45) is 0 Å². The van der Waals surface area contributed by atoms with Gasteiger partial charge in [-0.1, -0.05) is 0 Å². The summed E-state index contributed by atoms with van der Waals surface area (Å²) < 4.78 is 3.24. The van der Waals surface area contributed by atoms with Crippen molar-refractivity contribution < 1.29 is 0 Å². The number of rotatable bonds is 0. The molecule has 2 aromatic heterocycles. The van der Waals surface area contributed by atoms with Crippen LogP contribution in [-0.4, -0.2) is 9.38 Å². The minimum absolute atomic E-state index is 1.17. The van der Waals surface area contributed by atoms with Gasteiger partial charge < -0.3 is 4.40 Å². The van der Waals surface area contributed by atoms with Crippen molar-refractivity contribution in [1.29, 1.82) is 0 Å². The Balaban J connectivity index is 2.95. The van der Waals surface area contributed by atoms with Crippen LogP contribution in [-0.2, 0) is 0 Å². The van der Waals surface area contributed by atoms with E-state index in [0.717, 1.165) is 0 Å². The molecule has 2 heterocycles. The van der Waals surface area contributed by atoms with E-state index in [1.165, 1.54) is 9.09 Å². The van der Waals surface area contributed by atoms with Gasteiger partial charge in [0.15, 0.2) is 0 Å². The standard InChI is InChI=1S/C7H5IN2/c8-6-2-1-3-10-5-9-4-7(6)10/h1-5H. The predicted octanol–water partition coefficient (Wildman–Crippen LogP) is 1.94. The van der Waals surface area contributed by atoms with E-state index < -0.39 is 0 Å². The quantitative estimate of drug-likeness (QED) is 0.647. The van der Waals surface area contributed by atoms with Gasteiger partial charge in [-0.2, -0.15) is 0 Å². The van der Waals surface area contributed by atoms with Gasteiger partial charge in [-0.3, -0.25) is 0 Å². The molecule has 0 spiro atoms. The largest absolute Gasteiger partial charge is 0.305 e. The zero-order valence-electron chi connectivity index (χ0n) is 5.16. The molecule has 3 heteroatoms. The van der Waals surface area contributed by atoms with Gasteiger partial charge >= 0.3 is 0 Å².